The van der Waals surface area contributed by atoms with Crippen molar-refractivity contribution in [2.24, 2.45) is 0 Å². The number of methoxy groups -OCH3 is 1. The van der Waals surface area contributed by atoms with Crippen molar-refractivity contribution in [1.29, 1.82) is 0 Å². The Hall–Kier alpha value is -3.87. The van der Waals surface area contributed by atoms with Crippen molar-refractivity contribution >= 4 is 17.5 Å². The van der Waals surface area contributed by atoms with Gasteiger partial charge in [-0.2, -0.15) is 0 Å². The van der Waals surface area contributed by atoms with Crippen LogP contribution in [0.1, 0.15) is 39.1 Å². The van der Waals surface area contributed by atoms with Gasteiger partial charge < -0.3 is 20.3 Å². The Morgan fingerprint density at radius 2 is 1.62 bits per heavy atom. The molecule has 0 saturated carbocycles. The van der Waals surface area contributed by atoms with Crippen LogP contribution in [0.5, 0.6) is 5.75 Å². The molecule has 0 radical (unpaired) electrons. The summed E-state index contributed by atoms with van der Waals surface area (Å²) < 4.78 is 18.2. The molecule has 1 fully saturated rings. The molecule has 2 N–H and O–H groups in total. The summed E-state index contributed by atoms with van der Waals surface area (Å²) in [6.07, 6.45) is 1.57. The second kappa shape index (κ2) is 10.8. The van der Waals surface area contributed by atoms with E-state index in [-0.39, 0.29) is 23.7 Å². The van der Waals surface area contributed by atoms with Crippen molar-refractivity contribution in [2.75, 3.05) is 25.1 Å². The number of halogens is 1. The average molecular weight is 462 g/mol. The number of para-hydroxylation sites is 1. The lowest BCUT2D eigenvalue weighted by atomic mass is 10.0. The highest BCUT2D eigenvalue weighted by Crippen LogP contribution is 2.25. The third-order valence-corrected chi connectivity index (χ3v) is 6.04. The van der Waals surface area contributed by atoms with E-state index >= 15 is 0 Å². The van der Waals surface area contributed by atoms with E-state index in [0.717, 1.165) is 37.2 Å². The van der Waals surface area contributed by atoms with Crippen LogP contribution in [0.15, 0.2) is 72.8 Å². The predicted octanol–water partition coefficient (Wildman–Crippen LogP) is 4.16. The van der Waals surface area contributed by atoms with Crippen molar-refractivity contribution in [1.82, 2.24) is 10.6 Å². The Bertz CT molecular complexity index is 1120. The quantitative estimate of drug-likeness (QED) is 0.554. The minimum absolute atomic E-state index is 0.0744. The summed E-state index contributed by atoms with van der Waals surface area (Å²) in [6.45, 7) is 1.79. The molecular formula is C27H28FN3O3. The van der Waals surface area contributed by atoms with Crippen LogP contribution < -0.4 is 20.3 Å². The maximum atomic E-state index is 13.1. The summed E-state index contributed by atoms with van der Waals surface area (Å²) >= 11 is 0. The fourth-order valence-electron chi connectivity index (χ4n) is 4.10. The summed E-state index contributed by atoms with van der Waals surface area (Å²) in [5, 5.41) is 6.03. The number of nitrogens with zero attached hydrogens (tertiary/aromatic N) is 1. The first kappa shape index (κ1) is 23.3. The monoisotopic (exact) mass is 461 g/mol. The van der Waals surface area contributed by atoms with Gasteiger partial charge in [-0.3, -0.25) is 9.59 Å². The number of amides is 2. The van der Waals surface area contributed by atoms with Crippen LogP contribution in [-0.4, -0.2) is 38.1 Å². The number of benzene rings is 3. The van der Waals surface area contributed by atoms with Crippen molar-refractivity contribution in [3.05, 3.63) is 95.3 Å². The largest absolute Gasteiger partial charge is 0.497 e. The highest BCUT2D eigenvalue weighted by molar-refractivity contribution is 5.99. The molecule has 3 aromatic rings. The van der Waals surface area contributed by atoms with E-state index < -0.39 is 0 Å². The van der Waals surface area contributed by atoms with E-state index in [1.165, 1.54) is 12.1 Å². The van der Waals surface area contributed by atoms with Gasteiger partial charge in [0.05, 0.1) is 12.7 Å². The summed E-state index contributed by atoms with van der Waals surface area (Å²) in [5.41, 5.74) is 2.91. The Balaban J connectivity index is 1.33. The number of hydrogen-bond acceptors (Lipinski definition) is 4. The summed E-state index contributed by atoms with van der Waals surface area (Å²) in [6, 6.07) is 20.7. The Morgan fingerprint density at radius 1 is 0.941 bits per heavy atom. The predicted molar refractivity (Wildman–Crippen MR) is 130 cm³/mol. The lowest BCUT2D eigenvalue weighted by molar-refractivity contribution is 0.0929. The lowest BCUT2D eigenvalue weighted by Crippen LogP contribution is -2.45. The molecule has 1 aliphatic heterocycles. The summed E-state index contributed by atoms with van der Waals surface area (Å²) in [4.78, 5) is 27.6. The zero-order valence-electron chi connectivity index (χ0n) is 19.1. The minimum Gasteiger partial charge on any atom is -0.497 e. The number of hydrogen-bond donors (Lipinski definition) is 2. The molecule has 7 heteroatoms. The first-order valence-corrected chi connectivity index (χ1v) is 11.3. The first-order valence-electron chi connectivity index (χ1n) is 11.3. The maximum absolute atomic E-state index is 13.1. The van der Waals surface area contributed by atoms with Gasteiger partial charge in [-0.25, -0.2) is 4.39 Å². The van der Waals surface area contributed by atoms with E-state index in [1.807, 2.05) is 24.3 Å². The zero-order valence-corrected chi connectivity index (χ0v) is 19.1. The van der Waals surface area contributed by atoms with Crippen molar-refractivity contribution < 1.29 is 18.7 Å². The van der Waals surface area contributed by atoms with Crippen molar-refractivity contribution in [3.63, 3.8) is 0 Å². The standard InChI is InChI=1S/C27H28FN3O3/c1-34-23-12-8-20(9-13-23)26(32)30-22-14-16-31(17-15-22)25-5-3-2-4-24(25)27(33)29-18-19-6-10-21(28)11-7-19/h2-13,22H,14-18H2,1H3,(H,29,33)(H,30,32). The molecule has 0 bridgehead atoms. The number of nitrogens with one attached hydrogen (secondary N) is 2. The molecule has 3 aromatic carbocycles. The third kappa shape index (κ3) is 5.73. The van der Waals surface area contributed by atoms with Gasteiger partial charge in [-0.05, 0) is 66.9 Å². The lowest BCUT2D eigenvalue weighted by Gasteiger charge is -2.35. The molecule has 1 aliphatic rings. The van der Waals surface area contributed by atoms with Gasteiger partial charge in [0, 0.05) is 36.9 Å². The van der Waals surface area contributed by atoms with Gasteiger partial charge in [0.25, 0.3) is 11.8 Å². The van der Waals surface area contributed by atoms with Gasteiger partial charge in [-0.15, -0.1) is 0 Å². The Labute approximate surface area is 198 Å². The van der Waals surface area contributed by atoms with E-state index in [1.54, 1.807) is 43.5 Å². The molecule has 6 nitrogen and oxygen atoms in total. The van der Waals surface area contributed by atoms with Gasteiger partial charge in [0.2, 0.25) is 0 Å². The van der Waals surface area contributed by atoms with Crippen molar-refractivity contribution in [2.45, 2.75) is 25.4 Å². The van der Waals surface area contributed by atoms with Gasteiger partial charge in [0.15, 0.2) is 0 Å². The normalized spacial score (nSPS) is 13.9. The van der Waals surface area contributed by atoms with Crippen LogP contribution in [0.4, 0.5) is 10.1 Å². The van der Waals surface area contributed by atoms with Gasteiger partial charge in [0.1, 0.15) is 11.6 Å². The molecule has 1 heterocycles. The molecule has 0 atom stereocenters. The molecule has 0 spiro atoms. The van der Waals surface area contributed by atoms with Gasteiger partial charge >= 0.3 is 0 Å². The smallest absolute Gasteiger partial charge is 0.253 e. The molecule has 4 rings (SSSR count). The topological polar surface area (TPSA) is 70.7 Å². The zero-order chi connectivity index (χ0) is 23.9. The summed E-state index contributed by atoms with van der Waals surface area (Å²) in [5.74, 6) is 0.144. The Kier molecular flexibility index (Phi) is 7.42. The number of rotatable bonds is 7. The van der Waals surface area contributed by atoms with E-state index in [4.69, 9.17) is 4.74 Å². The fraction of sp³-hybridized carbons (Fsp3) is 0.259. The van der Waals surface area contributed by atoms with E-state index in [2.05, 4.69) is 15.5 Å². The van der Waals surface area contributed by atoms with Crippen LogP contribution in [0, 0.1) is 5.82 Å². The minimum atomic E-state index is -0.302. The van der Waals surface area contributed by atoms with Crippen LogP contribution in [0.3, 0.4) is 0 Å². The van der Waals surface area contributed by atoms with Crippen LogP contribution in [0.25, 0.3) is 0 Å². The Morgan fingerprint density at radius 3 is 2.29 bits per heavy atom. The molecule has 1 saturated heterocycles. The van der Waals surface area contributed by atoms with E-state index in [9.17, 15) is 14.0 Å². The van der Waals surface area contributed by atoms with Crippen LogP contribution in [-0.2, 0) is 6.54 Å². The first-order chi connectivity index (χ1) is 16.5. The highest BCUT2D eigenvalue weighted by Gasteiger charge is 2.24. The molecule has 0 aliphatic carbocycles. The fourth-order valence-corrected chi connectivity index (χ4v) is 4.10. The average Bonchev–Trinajstić information content (AvgIpc) is 2.88. The molecule has 0 unspecified atom stereocenters. The van der Waals surface area contributed by atoms with Crippen molar-refractivity contribution in [3.8, 4) is 5.75 Å². The molecular weight excluding hydrogens is 433 g/mol. The molecule has 176 valence electrons. The molecule has 34 heavy (non-hydrogen) atoms. The molecule has 2 amide bonds. The number of carbonyl (C=O) groups is 2. The molecule has 0 aromatic heterocycles. The summed E-state index contributed by atoms with van der Waals surface area (Å²) in [7, 11) is 1.59. The number of anilines is 1. The van der Waals surface area contributed by atoms with E-state index in [0.29, 0.717) is 23.4 Å². The number of ether oxygens (including phenoxy) is 1. The highest BCUT2D eigenvalue weighted by atomic mass is 19.1. The SMILES string of the molecule is COc1ccc(C(=O)NC2CCN(c3ccccc3C(=O)NCc3ccc(F)cc3)CC2)cc1. The van der Waals surface area contributed by atoms with Gasteiger partial charge in [-0.1, -0.05) is 24.3 Å². The second-order valence-corrected chi connectivity index (χ2v) is 8.29. The number of piperidine rings is 1. The van der Waals surface area contributed by atoms with Crippen LogP contribution in [0.2, 0.25) is 0 Å². The third-order valence-electron chi connectivity index (χ3n) is 6.04. The number of carbonyl (C=O) groups excluding carboxylic acids is 2. The maximum Gasteiger partial charge on any atom is 0.253 e. The van der Waals surface area contributed by atoms with Crippen LogP contribution >= 0.6 is 0 Å². The second-order valence-electron chi connectivity index (χ2n) is 8.29.